The maximum absolute atomic E-state index is 13.2. The second kappa shape index (κ2) is 8.28. The van der Waals surface area contributed by atoms with Crippen molar-refractivity contribution in [3.63, 3.8) is 0 Å². The summed E-state index contributed by atoms with van der Waals surface area (Å²) in [7, 11) is 0. The van der Waals surface area contributed by atoms with Crippen LogP contribution in [-0.2, 0) is 14.3 Å². The molecule has 2 aliphatic rings. The van der Waals surface area contributed by atoms with Crippen LogP contribution >= 0.6 is 0 Å². The van der Waals surface area contributed by atoms with Crippen molar-refractivity contribution in [1.29, 1.82) is 0 Å². The number of urea groups is 1. The van der Waals surface area contributed by atoms with Gasteiger partial charge in [0.25, 0.3) is 11.8 Å². The van der Waals surface area contributed by atoms with Gasteiger partial charge < -0.3 is 9.64 Å². The van der Waals surface area contributed by atoms with Gasteiger partial charge in [-0.15, -0.1) is 0 Å². The molecule has 160 valence electrons. The summed E-state index contributed by atoms with van der Waals surface area (Å²) in [6, 6.07) is 19.8. The number of morpholine rings is 1. The molecule has 2 heterocycles. The summed E-state index contributed by atoms with van der Waals surface area (Å²) in [6.07, 6.45) is 1.52. The van der Waals surface area contributed by atoms with Gasteiger partial charge in [0.15, 0.2) is 0 Å². The zero-order chi connectivity index (χ0) is 22.1. The predicted octanol–water partition coefficient (Wildman–Crippen LogP) is 3.34. The van der Waals surface area contributed by atoms with Crippen molar-refractivity contribution < 1.29 is 19.1 Å². The first kappa shape index (κ1) is 20.0. The summed E-state index contributed by atoms with van der Waals surface area (Å²) in [5.41, 5.74) is 2.08. The summed E-state index contributed by atoms with van der Waals surface area (Å²) in [6.45, 7) is 3.03. The van der Waals surface area contributed by atoms with Crippen LogP contribution in [0.3, 0.4) is 0 Å². The monoisotopic (exact) mass is 427 g/mol. The standard InChI is InChI=1S/C25H21N3O4/c29-23-22(15-17-5-8-20(9-6-17)27-11-13-32-14-12-27)24(30)28(25(31)26-23)21-10-7-18-3-1-2-4-19(18)16-21/h1-10,15-16H,11-14H2,(H,26,29,31). The van der Waals surface area contributed by atoms with Gasteiger partial charge in [0.2, 0.25) is 0 Å². The number of carbonyl (C=O) groups is 3. The van der Waals surface area contributed by atoms with Crippen molar-refractivity contribution >= 4 is 46.1 Å². The zero-order valence-corrected chi connectivity index (χ0v) is 17.3. The van der Waals surface area contributed by atoms with E-state index in [2.05, 4.69) is 10.2 Å². The Labute approximate surface area is 184 Å². The van der Waals surface area contributed by atoms with Crippen molar-refractivity contribution in [2.75, 3.05) is 36.1 Å². The molecule has 0 unspecified atom stereocenters. The molecule has 2 saturated heterocycles. The number of nitrogens with zero attached hydrogens (tertiary/aromatic N) is 2. The van der Waals surface area contributed by atoms with Crippen LogP contribution in [-0.4, -0.2) is 44.1 Å². The number of rotatable bonds is 3. The second-order valence-electron chi connectivity index (χ2n) is 7.68. The van der Waals surface area contributed by atoms with Gasteiger partial charge in [0.05, 0.1) is 18.9 Å². The number of fused-ring (bicyclic) bond motifs is 1. The Morgan fingerprint density at radius 3 is 2.25 bits per heavy atom. The third-order valence-corrected chi connectivity index (χ3v) is 5.67. The number of amides is 4. The molecule has 1 N–H and O–H groups in total. The molecule has 0 bridgehead atoms. The molecule has 4 amide bonds. The number of benzene rings is 3. The lowest BCUT2D eigenvalue weighted by atomic mass is 10.1. The van der Waals surface area contributed by atoms with Crippen molar-refractivity contribution in [3.05, 3.63) is 77.9 Å². The zero-order valence-electron chi connectivity index (χ0n) is 17.3. The highest BCUT2D eigenvalue weighted by atomic mass is 16.5. The van der Waals surface area contributed by atoms with E-state index in [1.807, 2.05) is 54.6 Å². The van der Waals surface area contributed by atoms with Crippen molar-refractivity contribution in [3.8, 4) is 0 Å². The molecule has 3 aromatic rings. The van der Waals surface area contributed by atoms with Crippen molar-refractivity contribution in [2.45, 2.75) is 0 Å². The van der Waals surface area contributed by atoms with Gasteiger partial charge in [-0.3, -0.25) is 14.9 Å². The van der Waals surface area contributed by atoms with Crippen LogP contribution < -0.4 is 15.1 Å². The molecular formula is C25H21N3O4. The summed E-state index contributed by atoms with van der Waals surface area (Å²) >= 11 is 0. The van der Waals surface area contributed by atoms with Crippen molar-refractivity contribution in [1.82, 2.24) is 5.32 Å². The van der Waals surface area contributed by atoms with Gasteiger partial charge in [0.1, 0.15) is 5.57 Å². The molecule has 2 fully saturated rings. The number of carbonyl (C=O) groups excluding carboxylic acids is 3. The molecule has 0 spiro atoms. The fourth-order valence-electron chi connectivity index (χ4n) is 3.98. The van der Waals surface area contributed by atoms with E-state index < -0.39 is 17.8 Å². The quantitative estimate of drug-likeness (QED) is 0.512. The number of hydrogen-bond donors (Lipinski definition) is 1. The maximum atomic E-state index is 13.2. The average molecular weight is 427 g/mol. The lowest BCUT2D eigenvalue weighted by Crippen LogP contribution is -2.54. The molecule has 0 atom stereocenters. The molecular weight excluding hydrogens is 406 g/mol. The Morgan fingerprint density at radius 2 is 1.50 bits per heavy atom. The van der Waals surface area contributed by atoms with Gasteiger partial charge >= 0.3 is 6.03 Å². The molecule has 7 nitrogen and oxygen atoms in total. The van der Waals surface area contributed by atoms with Gasteiger partial charge in [-0.25, -0.2) is 9.69 Å². The average Bonchev–Trinajstić information content (AvgIpc) is 2.82. The first-order chi connectivity index (χ1) is 15.6. The fourth-order valence-corrected chi connectivity index (χ4v) is 3.98. The van der Waals surface area contributed by atoms with Crippen molar-refractivity contribution in [2.24, 2.45) is 0 Å². The van der Waals surface area contributed by atoms with Crippen LogP contribution in [0.25, 0.3) is 16.8 Å². The Bertz CT molecular complexity index is 1240. The van der Waals surface area contributed by atoms with Gasteiger partial charge in [-0.2, -0.15) is 0 Å². The molecule has 7 heteroatoms. The van der Waals surface area contributed by atoms with E-state index in [1.54, 1.807) is 12.1 Å². The number of imide groups is 2. The topological polar surface area (TPSA) is 79.0 Å². The molecule has 3 aromatic carbocycles. The number of ether oxygens (including phenoxy) is 1. The Morgan fingerprint density at radius 1 is 0.812 bits per heavy atom. The van der Waals surface area contributed by atoms with E-state index in [0.717, 1.165) is 34.4 Å². The van der Waals surface area contributed by atoms with Gasteiger partial charge in [-0.05, 0) is 46.7 Å². The molecule has 0 aliphatic carbocycles. The van der Waals surface area contributed by atoms with Crippen LogP contribution in [0.5, 0.6) is 0 Å². The minimum atomic E-state index is -0.755. The number of barbiturate groups is 1. The normalized spacial score (nSPS) is 18.4. The molecule has 5 rings (SSSR count). The smallest absolute Gasteiger partial charge is 0.335 e. The van der Waals surface area contributed by atoms with Gasteiger partial charge in [0, 0.05) is 18.8 Å². The Kier molecular flexibility index (Phi) is 5.17. The van der Waals surface area contributed by atoms with Gasteiger partial charge in [-0.1, -0.05) is 42.5 Å². The lowest BCUT2D eigenvalue weighted by molar-refractivity contribution is -0.122. The first-order valence-corrected chi connectivity index (χ1v) is 10.4. The van der Waals surface area contributed by atoms with Crippen LogP contribution in [0.4, 0.5) is 16.2 Å². The van der Waals surface area contributed by atoms with E-state index in [0.29, 0.717) is 24.5 Å². The highest BCUT2D eigenvalue weighted by Crippen LogP contribution is 2.26. The van der Waals surface area contributed by atoms with E-state index >= 15 is 0 Å². The van der Waals surface area contributed by atoms with Crippen LogP contribution in [0.1, 0.15) is 5.56 Å². The first-order valence-electron chi connectivity index (χ1n) is 10.4. The van der Waals surface area contributed by atoms with E-state index in [4.69, 9.17) is 4.74 Å². The second-order valence-corrected chi connectivity index (χ2v) is 7.68. The number of anilines is 2. The third-order valence-electron chi connectivity index (χ3n) is 5.67. The van der Waals surface area contributed by atoms with Crippen LogP contribution in [0.2, 0.25) is 0 Å². The number of nitrogens with one attached hydrogen (secondary N) is 1. The highest BCUT2D eigenvalue weighted by Gasteiger charge is 2.36. The largest absolute Gasteiger partial charge is 0.378 e. The van der Waals surface area contributed by atoms with E-state index in [1.165, 1.54) is 6.08 Å². The predicted molar refractivity (Wildman–Crippen MR) is 122 cm³/mol. The molecule has 32 heavy (non-hydrogen) atoms. The number of hydrogen-bond acceptors (Lipinski definition) is 5. The van der Waals surface area contributed by atoms with Crippen LogP contribution in [0, 0.1) is 0 Å². The molecule has 2 aliphatic heterocycles. The lowest BCUT2D eigenvalue weighted by Gasteiger charge is -2.29. The Hall–Kier alpha value is -3.97. The molecule has 0 saturated carbocycles. The SMILES string of the molecule is O=C1NC(=O)N(c2ccc3ccccc3c2)C(=O)C1=Cc1ccc(N2CCOCC2)cc1. The summed E-state index contributed by atoms with van der Waals surface area (Å²) in [5.74, 6) is -1.35. The summed E-state index contributed by atoms with van der Waals surface area (Å²) in [4.78, 5) is 41.3. The minimum absolute atomic E-state index is 0.0862. The van der Waals surface area contributed by atoms with Crippen LogP contribution in [0.15, 0.2) is 72.3 Å². The summed E-state index contributed by atoms with van der Waals surface area (Å²) < 4.78 is 5.38. The molecule has 0 aromatic heterocycles. The minimum Gasteiger partial charge on any atom is -0.378 e. The Balaban J connectivity index is 1.44. The fraction of sp³-hybridized carbons (Fsp3) is 0.160. The maximum Gasteiger partial charge on any atom is 0.335 e. The van der Waals surface area contributed by atoms with E-state index in [-0.39, 0.29) is 5.57 Å². The third kappa shape index (κ3) is 3.74. The highest BCUT2D eigenvalue weighted by molar-refractivity contribution is 6.39. The van der Waals surface area contributed by atoms with E-state index in [9.17, 15) is 14.4 Å². The summed E-state index contributed by atoms with van der Waals surface area (Å²) in [5, 5.41) is 4.17. The molecule has 0 radical (unpaired) electrons.